The number of hydrogen-bond donors (Lipinski definition) is 4. The van der Waals surface area contributed by atoms with Gasteiger partial charge in [-0.05, 0) is 64.2 Å². The Bertz CT molecular complexity index is 715. The van der Waals surface area contributed by atoms with E-state index in [1.807, 2.05) is 27.7 Å². The number of benzene rings is 2. The van der Waals surface area contributed by atoms with Gasteiger partial charge in [0, 0.05) is 23.5 Å². The monoisotopic (exact) mass is 376 g/mol. The first kappa shape index (κ1) is 19.7. The van der Waals surface area contributed by atoms with Crippen molar-refractivity contribution in [1.82, 2.24) is 0 Å². The molecule has 6 nitrogen and oxygen atoms in total. The van der Waals surface area contributed by atoms with Crippen LogP contribution in [0.4, 0.5) is 11.4 Å². The number of hydrogen-bond acceptors (Lipinski definition) is 5. The molecule has 0 heterocycles. The van der Waals surface area contributed by atoms with Gasteiger partial charge in [0.05, 0.1) is 12.2 Å². The summed E-state index contributed by atoms with van der Waals surface area (Å²) < 4.78 is 11.1. The van der Waals surface area contributed by atoms with Crippen molar-refractivity contribution in [3.8, 4) is 23.0 Å². The number of nitrogens with one attached hydrogen (secondary N) is 2. The highest BCUT2D eigenvalue weighted by Crippen LogP contribution is 2.31. The summed E-state index contributed by atoms with van der Waals surface area (Å²) in [5, 5.41) is 26.1. The van der Waals surface area contributed by atoms with Crippen LogP contribution >= 0.6 is 12.2 Å². The molecule has 4 N–H and O–H groups in total. The van der Waals surface area contributed by atoms with Gasteiger partial charge in [-0.25, -0.2) is 0 Å². The van der Waals surface area contributed by atoms with Crippen molar-refractivity contribution >= 4 is 28.7 Å². The van der Waals surface area contributed by atoms with Crippen molar-refractivity contribution in [2.24, 2.45) is 0 Å². The molecule has 140 valence electrons. The minimum Gasteiger partial charge on any atom is -0.504 e. The van der Waals surface area contributed by atoms with Gasteiger partial charge in [0.25, 0.3) is 0 Å². The Morgan fingerprint density at radius 2 is 1.19 bits per heavy atom. The molecular weight excluding hydrogens is 352 g/mol. The number of aromatic hydroxyl groups is 2. The molecule has 0 fully saturated rings. The molecule has 0 atom stereocenters. The molecule has 0 aliphatic carbocycles. The number of phenolic OH excluding ortho intramolecular Hbond substituents is 2. The number of ether oxygens (including phenoxy) is 2. The van der Waals surface area contributed by atoms with Gasteiger partial charge in [0.1, 0.15) is 0 Å². The van der Waals surface area contributed by atoms with Crippen molar-refractivity contribution in [3.63, 3.8) is 0 Å². The summed E-state index contributed by atoms with van der Waals surface area (Å²) in [6.07, 6.45) is -0.116. The van der Waals surface area contributed by atoms with E-state index in [0.29, 0.717) is 28.0 Å². The second-order valence-corrected chi connectivity index (χ2v) is 6.69. The van der Waals surface area contributed by atoms with Gasteiger partial charge in [-0.3, -0.25) is 0 Å². The Morgan fingerprint density at radius 1 is 0.808 bits per heavy atom. The average Bonchev–Trinajstić information content (AvgIpc) is 2.53. The summed E-state index contributed by atoms with van der Waals surface area (Å²) in [6.45, 7) is 7.53. The Balaban J connectivity index is 2.07. The predicted molar refractivity (Wildman–Crippen MR) is 108 cm³/mol. The van der Waals surface area contributed by atoms with Crippen LogP contribution in [0.15, 0.2) is 36.4 Å². The van der Waals surface area contributed by atoms with Crippen molar-refractivity contribution in [1.29, 1.82) is 0 Å². The normalized spacial score (nSPS) is 10.7. The Hall–Kier alpha value is -2.67. The van der Waals surface area contributed by atoms with Crippen LogP contribution in [-0.2, 0) is 0 Å². The van der Waals surface area contributed by atoms with Gasteiger partial charge < -0.3 is 30.3 Å². The summed E-state index contributed by atoms with van der Waals surface area (Å²) in [7, 11) is 0. The second kappa shape index (κ2) is 8.62. The standard InChI is InChI=1S/C19H24N2O4S/c1-11(2)24-17-9-13(5-7-15(17)22)20-19(26)21-14-6-8-16(23)18(10-14)25-12(3)4/h5-12,22-23H,1-4H3,(H2,20,21,26). The molecule has 0 amide bonds. The quantitative estimate of drug-likeness (QED) is 0.437. The highest BCUT2D eigenvalue weighted by Gasteiger charge is 2.09. The predicted octanol–water partition coefficient (Wildman–Crippen LogP) is 4.48. The SMILES string of the molecule is CC(C)Oc1cc(NC(=S)Nc2ccc(O)c(OC(C)C)c2)ccc1O. The minimum absolute atomic E-state index is 0.0578. The van der Waals surface area contributed by atoms with Crippen LogP contribution in [0.3, 0.4) is 0 Å². The lowest BCUT2D eigenvalue weighted by atomic mass is 10.2. The molecular formula is C19H24N2O4S. The van der Waals surface area contributed by atoms with E-state index < -0.39 is 0 Å². The first-order valence-corrected chi connectivity index (χ1v) is 8.72. The van der Waals surface area contributed by atoms with E-state index in [4.69, 9.17) is 21.7 Å². The summed E-state index contributed by atoms with van der Waals surface area (Å²) in [5.41, 5.74) is 1.35. The Labute approximate surface area is 158 Å². The molecule has 26 heavy (non-hydrogen) atoms. The highest BCUT2D eigenvalue weighted by atomic mass is 32.1. The third-order valence-electron chi connectivity index (χ3n) is 3.16. The van der Waals surface area contributed by atoms with Crippen LogP contribution in [0.5, 0.6) is 23.0 Å². The average molecular weight is 376 g/mol. The zero-order valence-corrected chi connectivity index (χ0v) is 16.1. The van der Waals surface area contributed by atoms with E-state index in [0.717, 1.165) is 0 Å². The van der Waals surface area contributed by atoms with E-state index in [2.05, 4.69) is 10.6 Å². The maximum Gasteiger partial charge on any atom is 0.175 e. The number of rotatable bonds is 6. The van der Waals surface area contributed by atoms with E-state index in [1.165, 1.54) is 12.1 Å². The second-order valence-electron chi connectivity index (χ2n) is 6.28. The maximum atomic E-state index is 9.84. The third-order valence-corrected chi connectivity index (χ3v) is 3.36. The lowest BCUT2D eigenvalue weighted by Gasteiger charge is -2.16. The summed E-state index contributed by atoms with van der Waals surface area (Å²) in [5.74, 6) is 0.893. The van der Waals surface area contributed by atoms with Crippen LogP contribution in [0.25, 0.3) is 0 Å². The van der Waals surface area contributed by atoms with Gasteiger partial charge >= 0.3 is 0 Å². The van der Waals surface area contributed by atoms with Crippen LogP contribution in [0, 0.1) is 0 Å². The van der Waals surface area contributed by atoms with Crippen molar-refractivity contribution in [2.45, 2.75) is 39.9 Å². The van der Waals surface area contributed by atoms with E-state index in [1.54, 1.807) is 24.3 Å². The van der Waals surface area contributed by atoms with Crippen LogP contribution in [-0.4, -0.2) is 27.5 Å². The van der Waals surface area contributed by atoms with Crippen LogP contribution < -0.4 is 20.1 Å². The smallest absolute Gasteiger partial charge is 0.175 e. The Kier molecular flexibility index (Phi) is 6.52. The van der Waals surface area contributed by atoms with Gasteiger partial charge in [0.2, 0.25) is 0 Å². The molecule has 0 saturated heterocycles. The molecule has 0 aliphatic rings. The fourth-order valence-electron chi connectivity index (χ4n) is 2.17. The van der Waals surface area contributed by atoms with E-state index in [9.17, 15) is 10.2 Å². The number of phenols is 2. The number of anilines is 2. The summed E-state index contributed by atoms with van der Waals surface area (Å²) in [4.78, 5) is 0. The molecule has 7 heteroatoms. The summed E-state index contributed by atoms with van der Waals surface area (Å²) >= 11 is 5.32. The highest BCUT2D eigenvalue weighted by molar-refractivity contribution is 7.80. The zero-order valence-electron chi connectivity index (χ0n) is 15.2. The zero-order chi connectivity index (χ0) is 19.3. The molecule has 0 saturated carbocycles. The largest absolute Gasteiger partial charge is 0.504 e. The minimum atomic E-state index is -0.0578. The molecule has 2 aromatic carbocycles. The number of thiocarbonyl (C=S) groups is 1. The van der Waals surface area contributed by atoms with Gasteiger partial charge in [-0.2, -0.15) is 0 Å². The molecule has 0 spiro atoms. The van der Waals surface area contributed by atoms with E-state index in [-0.39, 0.29) is 23.7 Å². The molecule has 0 unspecified atom stereocenters. The van der Waals surface area contributed by atoms with Gasteiger partial charge in [0.15, 0.2) is 28.1 Å². The third kappa shape index (κ3) is 5.70. The molecule has 0 bridgehead atoms. The lowest BCUT2D eigenvalue weighted by Crippen LogP contribution is -2.19. The van der Waals surface area contributed by atoms with E-state index >= 15 is 0 Å². The van der Waals surface area contributed by atoms with Crippen LogP contribution in [0.2, 0.25) is 0 Å². The maximum absolute atomic E-state index is 9.84. The van der Waals surface area contributed by atoms with Crippen molar-refractivity contribution < 1.29 is 19.7 Å². The molecule has 0 aliphatic heterocycles. The van der Waals surface area contributed by atoms with Gasteiger partial charge in [-0.1, -0.05) is 0 Å². The van der Waals surface area contributed by atoms with Crippen molar-refractivity contribution in [3.05, 3.63) is 36.4 Å². The first-order valence-electron chi connectivity index (χ1n) is 8.32. The van der Waals surface area contributed by atoms with Crippen LogP contribution in [0.1, 0.15) is 27.7 Å². The van der Waals surface area contributed by atoms with Crippen molar-refractivity contribution in [2.75, 3.05) is 10.6 Å². The fraction of sp³-hybridized carbons (Fsp3) is 0.316. The molecule has 2 rings (SSSR count). The first-order chi connectivity index (χ1) is 12.2. The molecule has 2 aromatic rings. The molecule has 0 radical (unpaired) electrons. The fourth-order valence-corrected chi connectivity index (χ4v) is 2.41. The lowest BCUT2D eigenvalue weighted by molar-refractivity contribution is 0.232. The molecule has 0 aromatic heterocycles. The topological polar surface area (TPSA) is 83.0 Å². The Morgan fingerprint density at radius 3 is 1.54 bits per heavy atom. The summed E-state index contributed by atoms with van der Waals surface area (Å²) in [6, 6.07) is 9.82. The van der Waals surface area contributed by atoms with Gasteiger partial charge in [-0.15, -0.1) is 0 Å².